The van der Waals surface area contributed by atoms with E-state index in [2.05, 4.69) is 4.74 Å². The number of carbonyl (C=O) groups is 1. The molecule has 1 N–H and O–H groups in total. The Bertz CT molecular complexity index is 770. The van der Waals surface area contributed by atoms with E-state index in [1.807, 2.05) is 0 Å². The monoisotopic (exact) mass is 371 g/mol. The van der Waals surface area contributed by atoms with E-state index in [1.54, 1.807) is 13.1 Å². The van der Waals surface area contributed by atoms with Gasteiger partial charge in [-0.3, -0.25) is 4.79 Å². The van der Waals surface area contributed by atoms with Crippen molar-refractivity contribution >= 4 is 17.5 Å². The molecule has 0 aliphatic rings. The fourth-order valence-corrected chi connectivity index (χ4v) is 2.41. The molecule has 0 bridgehead atoms. The molecule has 8 heteroatoms. The molecule has 2 aromatic carbocycles. The molecular weight excluding hydrogens is 356 g/mol. The van der Waals surface area contributed by atoms with E-state index in [4.69, 9.17) is 16.3 Å². The number of phenols is 1. The molecule has 5 nitrogen and oxygen atoms in total. The van der Waals surface area contributed by atoms with Crippen LogP contribution in [-0.4, -0.2) is 36.7 Å². The van der Waals surface area contributed by atoms with Crippen molar-refractivity contribution in [3.8, 4) is 17.2 Å². The predicted molar refractivity (Wildman–Crippen MR) is 88.5 cm³/mol. The lowest BCUT2D eigenvalue weighted by atomic mass is 10.1. The van der Waals surface area contributed by atoms with Crippen LogP contribution in [0.15, 0.2) is 36.4 Å². The van der Waals surface area contributed by atoms with Gasteiger partial charge in [0.2, 0.25) is 0 Å². The topological polar surface area (TPSA) is 59.0 Å². The number of hydrogen-bond donors (Lipinski definition) is 1. The molecule has 134 valence electrons. The molecule has 0 unspecified atom stereocenters. The zero-order chi connectivity index (χ0) is 18.6. The van der Waals surface area contributed by atoms with Crippen molar-refractivity contribution in [1.82, 2.24) is 4.90 Å². The molecule has 0 atom stereocenters. The molecule has 0 spiro atoms. The number of amides is 1. The van der Waals surface area contributed by atoms with Crippen LogP contribution in [0.5, 0.6) is 17.2 Å². The molecule has 0 saturated carbocycles. The van der Waals surface area contributed by atoms with Crippen LogP contribution in [0.1, 0.15) is 15.9 Å². The predicted octanol–water partition coefficient (Wildman–Crippen LogP) is 3.93. The number of ether oxygens (including phenoxy) is 2. The number of hydrogen-bond acceptors (Lipinski definition) is 4. The van der Waals surface area contributed by atoms with Crippen LogP contribution in [0, 0.1) is 0 Å². The molecule has 25 heavy (non-hydrogen) atoms. The molecule has 2 aromatic rings. The largest absolute Gasteiger partial charge is 0.507 e. The fourth-order valence-electron chi connectivity index (χ4n) is 2.23. The van der Waals surface area contributed by atoms with E-state index >= 15 is 0 Å². The van der Waals surface area contributed by atoms with E-state index in [-0.39, 0.29) is 29.4 Å². The third kappa shape index (κ3) is 4.73. The zero-order valence-electron chi connectivity index (χ0n) is 13.5. The minimum Gasteiger partial charge on any atom is -0.507 e. The molecule has 2 rings (SSSR count). The van der Waals surface area contributed by atoms with Gasteiger partial charge in [-0.05, 0) is 35.9 Å². The normalized spacial score (nSPS) is 10.6. The van der Waals surface area contributed by atoms with Crippen LogP contribution in [0.3, 0.4) is 0 Å². The van der Waals surface area contributed by atoms with Crippen molar-refractivity contribution in [2.45, 2.75) is 13.2 Å². The van der Waals surface area contributed by atoms with Gasteiger partial charge in [-0.1, -0.05) is 17.7 Å². The average molecular weight is 372 g/mol. The van der Waals surface area contributed by atoms with Crippen LogP contribution in [0.25, 0.3) is 0 Å². The quantitative estimate of drug-likeness (QED) is 0.836. The summed E-state index contributed by atoms with van der Waals surface area (Å²) in [6, 6.07) is 8.57. The number of aromatic hydroxyl groups is 1. The molecule has 1 amide bonds. The molecule has 0 aromatic heterocycles. The number of benzene rings is 2. The van der Waals surface area contributed by atoms with Gasteiger partial charge in [0.25, 0.3) is 5.91 Å². The lowest BCUT2D eigenvalue weighted by molar-refractivity contribution is -0.0512. The maximum atomic E-state index is 12.4. The summed E-state index contributed by atoms with van der Waals surface area (Å²) in [5.41, 5.74) is 0.704. The van der Waals surface area contributed by atoms with Gasteiger partial charge in [0.1, 0.15) is 5.75 Å². The van der Waals surface area contributed by atoms with Gasteiger partial charge >= 0.3 is 6.61 Å². The van der Waals surface area contributed by atoms with Gasteiger partial charge in [-0.2, -0.15) is 8.78 Å². The van der Waals surface area contributed by atoms with Gasteiger partial charge in [-0.25, -0.2) is 0 Å². The van der Waals surface area contributed by atoms with Crippen molar-refractivity contribution < 1.29 is 28.2 Å². The highest BCUT2D eigenvalue weighted by Gasteiger charge is 2.18. The molecular formula is C17H16ClF2NO4. The van der Waals surface area contributed by atoms with Crippen LogP contribution in [-0.2, 0) is 6.54 Å². The summed E-state index contributed by atoms with van der Waals surface area (Å²) in [5, 5.41) is 10.1. The third-order valence-electron chi connectivity index (χ3n) is 3.40. The van der Waals surface area contributed by atoms with Crippen LogP contribution in [0.4, 0.5) is 8.78 Å². The van der Waals surface area contributed by atoms with E-state index in [0.29, 0.717) is 10.6 Å². The highest BCUT2D eigenvalue weighted by atomic mass is 35.5. The smallest absolute Gasteiger partial charge is 0.387 e. The second-order valence-electron chi connectivity index (χ2n) is 5.19. The number of phenolic OH excluding ortho intramolecular Hbond substituents is 1. The van der Waals surface area contributed by atoms with Gasteiger partial charge in [0.05, 0.1) is 12.7 Å². The number of halogens is 3. The SMILES string of the molecule is COc1cc(CN(C)C(=O)c2cc(Cl)ccc2O)ccc1OC(F)F. The van der Waals surface area contributed by atoms with Crippen molar-refractivity contribution in [3.63, 3.8) is 0 Å². The Kier molecular flexibility index (Phi) is 6.03. The van der Waals surface area contributed by atoms with Gasteiger partial charge in [0, 0.05) is 18.6 Å². The Labute approximate surface area is 148 Å². The first kappa shape index (κ1) is 18.8. The standard InChI is InChI=1S/C17H16ClF2NO4/c1-21(16(23)12-8-11(18)4-5-13(12)22)9-10-3-6-14(25-17(19)20)15(7-10)24-2/h3-8,17,22H,9H2,1-2H3. The van der Waals surface area contributed by atoms with Gasteiger partial charge in [0.15, 0.2) is 11.5 Å². The van der Waals surface area contributed by atoms with Crippen molar-refractivity contribution in [2.24, 2.45) is 0 Å². The van der Waals surface area contributed by atoms with Gasteiger partial charge < -0.3 is 19.5 Å². The Morgan fingerprint density at radius 1 is 1.24 bits per heavy atom. The number of alkyl halides is 2. The number of rotatable bonds is 6. The highest BCUT2D eigenvalue weighted by molar-refractivity contribution is 6.31. The van der Waals surface area contributed by atoms with E-state index in [0.717, 1.165) is 0 Å². The minimum atomic E-state index is -2.96. The second-order valence-corrected chi connectivity index (χ2v) is 5.62. The summed E-state index contributed by atoms with van der Waals surface area (Å²) in [5.74, 6) is -0.585. The zero-order valence-corrected chi connectivity index (χ0v) is 14.3. The summed E-state index contributed by atoms with van der Waals surface area (Å²) < 4.78 is 34.1. The summed E-state index contributed by atoms with van der Waals surface area (Å²) in [7, 11) is 2.87. The fraction of sp³-hybridized carbons (Fsp3) is 0.235. The summed E-state index contributed by atoms with van der Waals surface area (Å²) in [6.45, 7) is -2.80. The highest BCUT2D eigenvalue weighted by Crippen LogP contribution is 2.30. The maximum Gasteiger partial charge on any atom is 0.387 e. The Morgan fingerprint density at radius 2 is 1.96 bits per heavy atom. The molecule has 0 fully saturated rings. The first-order chi connectivity index (χ1) is 11.8. The Balaban J connectivity index is 2.18. The first-order valence-electron chi connectivity index (χ1n) is 7.17. The molecule has 0 saturated heterocycles. The van der Waals surface area contributed by atoms with Crippen LogP contribution < -0.4 is 9.47 Å². The number of carbonyl (C=O) groups excluding carboxylic acids is 1. The lowest BCUT2D eigenvalue weighted by Crippen LogP contribution is -2.26. The molecule has 0 heterocycles. The van der Waals surface area contributed by atoms with Crippen LogP contribution in [0.2, 0.25) is 5.02 Å². The van der Waals surface area contributed by atoms with Crippen molar-refractivity contribution in [3.05, 3.63) is 52.5 Å². The van der Waals surface area contributed by atoms with Crippen LogP contribution >= 0.6 is 11.6 Å². The molecule has 0 radical (unpaired) electrons. The summed E-state index contributed by atoms with van der Waals surface area (Å²) >= 11 is 5.85. The molecule has 0 aliphatic heterocycles. The molecule has 0 aliphatic carbocycles. The number of methoxy groups -OCH3 is 1. The second kappa shape index (κ2) is 8.02. The average Bonchev–Trinajstić information content (AvgIpc) is 2.57. The number of nitrogens with zero attached hydrogens (tertiary/aromatic N) is 1. The van der Waals surface area contributed by atoms with Crippen molar-refractivity contribution in [1.29, 1.82) is 0 Å². The van der Waals surface area contributed by atoms with E-state index in [1.165, 1.54) is 42.3 Å². The van der Waals surface area contributed by atoms with Crippen molar-refractivity contribution in [2.75, 3.05) is 14.2 Å². The Morgan fingerprint density at radius 3 is 2.60 bits per heavy atom. The van der Waals surface area contributed by atoms with E-state index < -0.39 is 12.5 Å². The minimum absolute atomic E-state index is 0.0691. The first-order valence-corrected chi connectivity index (χ1v) is 7.55. The summed E-state index contributed by atoms with van der Waals surface area (Å²) in [6.07, 6.45) is 0. The maximum absolute atomic E-state index is 12.4. The van der Waals surface area contributed by atoms with E-state index in [9.17, 15) is 18.7 Å². The lowest BCUT2D eigenvalue weighted by Gasteiger charge is -2.19. The van der Waals surface area contributed by atoms with Gasteiger partial charge in [-0.15, -0.1) is 0 Å². The third-order valence-corrected chi connectivity index (χ3v) is 3.63. The Hall–Kier alpha value is -2.54. The summed E-state index contributed by atoms with van der Waals surface area (Å²) in [4.78, 5) is 13.8.